The molecule has 1 aromatic carbocycles. The Morgan fingerprint density at radius 1 is 1.05 bits per heavy atom. The Labute approximate surface area is 128 Å². The highest BCUT2D eigenvalue weighted by atomic mass is 32.1. The average Bonchev–Trinajstić information content (AvgIpc) is 3.02. The van der Waals surface area contributed by atoms with Crippen LogP contribution in [-0.4, -0.2) is 16.5 Å². The van der Waals surface area contributed by atoms with Gasteiger partial charge in [-0.3, -0.25) is 4.98 Å². The molecule has 3 aromatic rings. The summed E-state index contributed by atoms with van der Waals surface area (Å²) >= 11 is 1.71. The molecule has 0 fully saturated rings. The molecule has 0 atom stereocenters. The van der Waals surface area contributed by atoms with E-state index in [0.29, 0.717) is 0 Å². The molecule has 106 valence electrons. The first kappa shape index (κ1) is 13.9. The number of nitrogens with zero attached hydrogens (tertiary/aromatic N) is 2. The van der Waals surface area contributed by atoms with Crippen LogP contribution in [0.5, 0.6) is 0 Å². The molecule has 0 saturated heterocycles. The monoisotopic (exact) mass is 295 g/mol. The zero-order valence-corrected chi connectivity index (χ0v) is 12.5. The van der Waals surface area contributed by atoms with Gasteiger partial charge in [0.15, 0.2) is 0 Å². The van der Waals surface area contributed by atoms with Crippen LogP contribution < -0.4 is 5.32 Å². The number of hydrogen-bond acceptors (Lipinski definition) is 4. The molecule has 0 aliphatic rings. The van der Waals surface area contributed by atoms with E-state index in [9.17, 15) is 0 Å². The number of nitrogens with one attached hydrogen (secondary N) is 1. The lowest BCUT2D eigenvalue weighted by molar-refractivity contribution is 0.680. The fourth-order valence-corrected chi connectivity index (χ4v) is 2.95. The van der Waals surface area contributed by atoms with Gasteiger partial charge in [0.25, 0.3) is 0 Å². The van der Waals surface area contributed by atoms with Crippen LogP contribution in [0.2, 0.25) is 0 Å². The molecule has 4 heteroatoms. The van der Waals surface area contributed by atoms with E-state index in [1.54, 1.807) is 17.5 Å². The van der Waals surface area contributed by atoms with Crippen LogP contribution in [-0.2, 0) is 13.0 Å². The highest BCUT2D eigenvalue weighted by Gasteiger charge is 2.03. The minimum atomic E-state index is 0.851. The van der Waals surface area contributed by atoms with Crippen molar-refractivity contribution in [3.05, 3.63) is 71.5 Å². The molecule has 0 spiro atoms. The lowest BCUT2D eigenvalue weighted by Crippen LogP contribution is -2.16. The Hall–Kier alpha value is -2.04. The molecule has 3 rings (SSSR count). The van der Waals surface area contributed by atoms with E-state index in [0.717, 1.165) is 30.2 Å². The second kappa shape index (κ2) is 7.11. The third kappa shape index (κ3) is 3.97. The highest BCUT2D eigenvalue weighted by molar-refractivity contribution is 7.13. The SMILES string of the molecule is c1ccc(-c2nc(CCNCc3cccnc3)cs2)cc1. The molecule has 21 heavy (non-hydrogen) atoms. The van der Waals surface area contributed by atoms with Crippen LogP contribution in [0.15, 0.2) is 60.2 Å². The average molecular weight is 295 g/mol. The van der Waals surface area contributed by atoms with Crippen molar-refractivity contribution >= 4 is 11.3 Å². The van der Waals surface area contributed by atoms with Crippen molar-refractivity contribution in [1.82, 2.24) is 15.3 Å². The molecule has 2 aromatic heterocycles. The van der Waals surface area contributed by atoms with Crippen LogP contribution in [0.3, 0.4) is 0 Å². The van der Waals surface area contributed by atoms with Gasteiger partial charge in [-0.15, -0.1) is 11.3 Å². The molecule has 0 saturated carbocycles. The van der Waals surface area contributed by atoms with Crippen LogP contribution >= 0.6 is 11.3 Å². The van der Waals surface area contributed by atoms with E-state index in [2.05, 4.69) is 33.9 Å². The van der Waals surface area contributed by atoms with Crippen LogP contribution in [0.1, 0.15) is 11.3 Å². The zero-order valence-electron chi connectivity index (χ0n) is 11.7. The Kier molecular flexibility index (Phi) is 4.71. The van der Waals surface area contributed by atoms with Gasteiger partial charge in [-0.1, -0.05) is 36.4 Å². The van der Waals surface area contributed by atoms with Gasteiger partial charge in [0.2, 0.25) is 0 Å². The van der Waals surface area contributed by atoms with Gasteiger partial charge < -0.3 is 5.32 Å². The maximum absolute atomic E-state index is 4.69. The number of rotatable bonds is 6. The second-order valence-corrected chi connectivity index (χ2v) is 5.66. The minimum Gasteiger partial charge on any atom is -0.312 e. The van der Waals surface area contributed by atoms with E-state index in [1.807, 2.05) is 30.5 Å². The summed E-state index contributed by atoms with van der Waals surface area (Å²) < 4.78 is 0. The molecule has 2 heterocycles. The van der Waals surface area contributed by atoms with Gasteiger partial charge in [-0.25, -0.2) is 4.98 Å². The molecular formula is C17H17N3S. The highest BCUT2D eigenvalue weighted by Crippen LogP contribution is 2.23. The summed E-state index contributed by atoms with van der Waals surface area (Å²) in [4.78, 5) is 8.80. The van der Waals surface area contributed by atoms with Crippen molar-refractivity contribution in [1.29, 1.82) is 0 Å². The molecule has 3 nitrogen and oxygen atoms in total. The Balaban J connectivity index is 1.49. The largest absolute Gasteiger partial charge is 0.312 e. The molecule has 0 aliphatic carbocycles. The molecule has 1 N–H and O–H groups in total. The van der Waals surface area contributed by atoms with Crippen molar-refractivity contribution in [2.24, 2.45) is 0 Å². The van der Waals surface area contributed by atoms with Gasteiger partial charge in [-0.05, 0) is 11.6 Å². The number of aromatic nitrogens is 2. The summed E-state index contributed by atoms with van der Waals surface area (Å²) in [5, 5.41) is 6.67. The maximum Gasteiger partial charge on any atom is 0.123 e. The summed E-state index contributed by atoms with van der Waals surface area (Å²) in [5.74, 6) is 0. The van der Waals surface area contributed by atoms with E-state index in [-0.39, 0.29) is 0 Å². The normalized spacial score (nSPS) is 10.7. The van der Waals surface area contributed by atoms with Gasteiger partial charge >= 0.3 is 0 Å². The second-order valence-electron chi connectivity index (χ2n) is 4.80. The smallest absolute Gasteiger partial charge is 0.123 e. The van der Waals surface area contributed by atoms with E-state index in [1.165, 1.54) is 11.1 Å². The quantitative estimate of drug-likeness (QED) is 0.707. The number of hydrogen-bond donors (Lipinski definition) is 1. The van der Waals surface area contributed by atoms with Crippen molar-refractivity contribution < 1.29 is 0 Å². The summed E-state index contributed by atoms with van der Waals surface area (Å²) in [5.41, 5.74) is 3.55. The first-order valence-electron chi connectivity index (χ1n) is 7.01. The fraction of sp³-hybridized carbons (Fsp3) is 0.176. The maximum atomic E-state index is 4.69. The molecule has 0 radical (unpaired) electrons. The molecule has 0 unspecified atom stereocenters. The number of thiazole rings is 1. The third-order valence-electron chi connectivity index (χ3n) is 3.18. The van der Waals surface area contributed by atoms with E-state index in [4.69, 9.17) is 4.98 Å². The number of benzene rings is 1. The van der Waals surface area contributed by atoms with Gasteiger partial charge in [0.05, 0.1) is 5.69 Å². The Morgan fingerprint density at radius 2 is 1.95 bits per heavy atom. The predicted molar refractivity (Wildman–Crippen MR) is 87.2 cm³/mol. The summed E-state index contributed by atoms with van der Waals surface area (Å²) in [6.07, 6.45) is 4.64. The summed E-state index contributed by atoms with van der Waals surface area (Å²) in [6.45, 7) is 1.77. The molecular weight excluding hydrogens is 278 g/mol. The number of pyridine rings is 1. The lowest BCUT2D eigenvalue weighted by atomic mass is 10.2. The van der Waals surface area contributed by atoms with Crippen molar-refractivity contribution in [2.45, 2.75) is 13.0 Å². The zero-order chi connectivity index (χ0) is 14.3. The van der Waals surface area contributed by atoms with Crippen LogP contribution in [0.25, 0.3) is 10.6 Å². The predicted octanol–water partition coefficient (Wildman–Crippen LogP) is 3.54. The van der Waals surface area contributed by atoms with Gasteiger partial charge in [0, 0.05) is 42.8 Å². The molecule has 0 bridgehead atoms. The summed E-state index contributed by atoms with van der Waals surface area (Å²) in [7, 11) is 0. The topological polar surface area (TPSA) is 37.8 Å². The summed E-state index contributed by atoms with van der Waals surface area (Å²) in [6, 6.07) is 14.4. The van der Waals surface area contributed by atoms with Gasteiger partial charge in [0.1, 0.15) is 5.01 Å². The minimum absolute atomic E-state index is 0.851. The van der Waals surface area contributed by atoms with Crippen molar-refractivity contribution in [2.75, 3.05) is 6.54 Å². The van der Waals surface area contributed by atoms with Crippen molar-refractivity contribution in [3.8, 4) is 10.6 Å². The van der Waals surface area contributed by atoms with Gasteiger partial charge in [-0.2, -0.15) is 0 Å². The Morgan fingerprint density at radius 3 is 2.76 bits per heavy atom. The van der Waals surface area contributed by atoms with Crippen molar-refractivity contribution in [3.63, 3.8) is 0 Å². The third-order valence-corrected chi connectivity index (χ3v) is 4.12. The fourth-order valence-electron chi connectivity index (χ4n) is 2.09. The molecule has 0 amide bonds. The molecule has 0 aliphatic heterocycles. The van der Waals surface area contributed by atoms with Crippen LogP contribution in [0, 0.1) is 0 Å². The lowest BCUT2D eigenvalue weighted by Gasteiger charge is -2.02. The van der Waals surface area contributed by atoms with E-state index >= 15 is 0 Å². The van der Waals surface area contributed by atoms with Crippen LogP contribution in [0.4, 0.5) is 0 Å². The first-order valence-corrected chi connectivity index (χ1v) is 7.89. The Bertz CT molecular complexity index is 665. The van der Waals surface area contributed by atoms with E-state index < -0.39 is 0 Å². The first-order chi connectivity index (χ1) is 10.4. The standard InChI is InChI=1S/C17H17N3S/c1-2-6-15(7-3-1)17-20-16(13-21-17)8-10-19-12-14-5-4-9-18-11-14/h1-7,9,11,13,19H,8,10,12H2.